The zero-order valence-electron chi connectivity index (χ0n) is 12.1. The molecule has 0 amide bonds. The van der Waals surface area contributed by atoms with Crippen molar-refractivity contribution in [1.82, 2.24) is 4.57 Å². The summed E-state index contributed by atoms with van der Waals surface area (Å²) in [6.45, 7) is 0. The van der Waals surface area contributed by atoms with E-state index in [4.69, 9.17) is 10.8 Å². The molecule has 23 heavy (non-hydrogen) atoms. The van der Waals surface area contributed by atoms with Crippen molar-refractivity contribution in [2.45, 2.75) is 4.90 Å². The minimum atomic E-state index is -3.82. The van der Waals surface area contributed by atoms with Gasteiger partial charge in [-0.1, -0.05) is 12.0 Å². The van der Waals surface area contributed by atoms with Gasteiger partial charge in [0.05, 0.1) is 16.1 Å². The second-order valence-corrected chi connectivity index (χ2v) is 6.57. The Morgan fingerprint density at radius 2 is 2.00 bits per heavy atom. The average molecular weight is 328 g/mol. The van der Waals surface area contributed by atoms with E-state index in [0.29, 0.717) is 16.8 Å². The molecule has 0 fully saturated rings. The number of benzene rings is 2. The standard InChI is InChI=1S/C16H12N2O4S/c1-3-11-5-4-6-12(9-11)17-23(20,21)13-7-8-14-15(10-13)22-16(19)18(14)2/h1,4-10,17H,2H3. The molecule has 0 aliphatic heterocycles. The van der Waals surface area contributed by atoms with Crippen LogP contribution < -0.4 is 10.5 Å². The number of aryl methyl sites for hydroxylation is 1. The van der Waals surface area contributed by atoms with Gasteiger partial charge in [0.25, 0.3) is 10.0 Å². The van der Waals surface area contributed by atoms with Gasteiger partial charge in [-0.25, -0.2) is 13.2 Å². The largest absolute Gasteiger partial charge is 0.419 e. The zero-order chi connectivity index (χ0) is 16.6. The lowest BCUT2D eigenvalue weighted by Crippen LogP contribution is -2.13. The van der Waals surface area contributed by atoms with Gasteiger partial charge >= 0.3 is 5.76 Å². The first-order chi connectivity index (χ1) is 10.9. The molecule has 0 aliphatic carbocycles. The topological polar surface area (TPSA) is 81.3 Å². The molecule has 0 radical (unpaired) electrons. The van der Waals surface area contributed by atoms with Gasteiger partial charge in [0, 0.05) is 18.7 Å². The van der Waals surface area contributed by atoms with E-state index in [0.717, 1.165) is 0 Å². The maximum atomic E-state index is 12.4. The molecule has 7 heteroatoms. The number of aromatic nitrogens is 1. The highest BCUT2D eigenvalue weighted by molar-refractivity contribution is 7.92. The summed E-state index contributed by atoms with van der Waals surface area (Å²) < 4.78 is 33.7. The number of hydrogen-bond acceptors (Lipinski definition) is 4. The molecule has 1 heterocycles. The Hall–Kier alpha value is -2.98. The van der Waals surface area contributed by atoms with E-state index >= 15 is 0 Å². The maximum absolute atomic E-state index is 12.4. The quantitative estimate of drug-likeness (QED) is 0.745. The third kappa shape index (κ3) is 2.72. The van der Waals surface area contributed by atoms with Crippen LogP contribution in [0.4, 0.5) is 5.69 Å². The van der Waals surface area contributed by atoms with Crippen LogP contribution in [-0.4, -0.2) is 13.0 Å². The predicted molar refractivity (Wildman–Crippen MR) is 86.6 cm³/mol. The van der Waals surface area contributed by atoms with Crippen molar-refractivity contribution in [2.75, 3.05) is 4.72 Å². The van der Waals surface area contributed by atoms with Gasteiger partial charge < -0.3 is 4.42 Å². The minimum absolute atomic E-state index is 0.00883. The molecule has 0 saturated heterocycles. The molecule has 2 aromatic carbocycles. The summed E-state index contributed by atoms with van der Waals surface area (Å²) in [6.07, 6.45) is 5.30. The number of rotatable bonds is 3. The summed E-state index contributed by atoms with van der Waals surface area (Å²) in [6, 6.07) is 10.7. The molecule has 0 spiro atoms. The van der Waals surface area contributed by atoms with Gasteiger partial charge in [-0.2, -0.15) is 0 Å². The molecule has 3 rings (SSSR count). The lowest BCUT2D eigenvalue weighted by atomic mass is 10.2. The number of sulfonamides is 1. The number of fused-ring (bicyclic) bond motifs is 1. The van der Waals surface area contributed by atoms with E-state index < -0.39 is 15.8 Å². The lowest BCUT2D eigenvalue weighted by Gasteiger charge is -2.08. The zero-order valence-corrected chi connectivity index (χ0v) is 12.9. The Morgan fingerprint density at radius 1 is 1.22 bits per heavy atom. The number of nitrogens with zero attached hydrogens (tertiary/aromatic N) is 1. The number of oxazole rings is 1. The van der Waals surface area contributed by atoms with Crippen LogP contribution in [0.25, 0.3) is 11.1 Å². The molecule has 6 nitrogen and oxygen atoms in total. The maximum Gasteiger partial charge on any atom is 0.419 e. The fourth-order valence-electron chi connectivity index (χ4n) is 2.17. The van der Waals surface area contributed by atoms with Crippen molar-refractivity contribution in [1.29, 1.82) is 0 Å². The molecule has 3 aromatic rings. The van der Waals surface area contributed by atoms with Crippen LogP contribution in [0.15, 0.2) is 56.6 Å². The van der Waals surface area contributed by atoms with Gasteiger partial charge in [-0.15, -0.1) is 6.42 Å². The lowest BCUT2D eigenvalue weighted by molar-refractivity contribution is 0.527. The minimum Gasteiger partial charge on any atom is -0.408 e. The van der Waals surface area contributed by atoms with E-state index in [2.05, 4.69) is 10.6 Å². The highest BCUT2D eigenvalue weighted by Gasteiger charge is 2.17. The van der Waals surface area contributed by atoms with Crippen molar-refractivity contribution < 1.29 is 12.8 Å². The Balaban J connectivity index is 2.02. The van der Waals surface area contributed by atoms with Gasteiger partial charge in [0.2, 0.25) is 0 Å². The monoisotopic (exact) mass is 328 g/mol. The fourth-order valence-corrected chi connectivity index (χ4v) is 3.23. The molecule has 0 bridgehead atoms. The van der Waals surface area contributed by atoms with Crippen LogP contribution in [0.2, 0.25) is 0 Å². The fraction of sp³-hybridized carbons (Fsp3) is 0.0625. The van der Waals surface area contributed by atoms with Crippen molar-refractivity contribution >= 4 is 26.8 Å². The van der Waals surface area contributed by atoms with Crippen molar-refractivity contribution in [3.63, 3.8) is 0 Å². The van der Waals surface area contributed by atoms with E-state index in [1.54, 1.807) is 31.3 Å². The highest BCUT2D eigenvalue weighted by atomic mass is 32.2. The third-order valence-electron chi connectivity index (χ3n) is 3.36. The number of terminal acetylenes is 1. The summed E-state index contributed by atoms with van der Waals surface area (Å²) in [5.41, 5.74) is 1.64. The van der Waals surface area contributed by atoms with E-state index in [1.807, 2.05) is 0 Å². The summed E-state index contributed by atoms with van der Waals surface area (Å²) in [5, 5.41) is 0. The summed E-state index contributed by atoms with van der Waals surface area (Å²) in [7, 11) is -2.28. The SMILES string of the molecule is C#Cc1cccc(NS(=O)(=O)c2ccc3c(c2)oc(=O)n3C)c1. The normalized spacial score (nSPS) is 11.3. The molecule has 0 unspecified atom stereocenters. The number of nitrogens with one attached hydrogen (secondary N) is 1. The second-order valence-electron chi connectivity index (χ2n) is 4.89. The van der Waals surface area contributed by atoms with Gasteiger partial charge in [-0.05, 0) is 30.3 Å². The van der Waals surface area contributed by atoms with Crippen LogP contribution in [0.3, 0.4) is 0 Å². The van der Waals surface area contributed by atoms with Crippen LogP contribution in [0.5, 0.6) is 0 Å². The molecule has 0 aliphatic rings. The molecule has 116 valence electrons. The number of anilines is 1. The average Bonchev–Trinajstić information content (AvgIpc) is 2.81. The molecule has 0 atom stereocenters. The Morgan fingerprint density at radius 3 is 2.74 bits per heavy atom. The highest BCUT2D eigenvalue weighted by Crippen LogP contribution is 2.21. The van der Waals surface area contributed by atoms with Crippen LogP contribution in [0, 0.1) is 12.3 Å². The van der Waals surface area contributed by atoms with E-state index in [9.17, 15) is 13.2 Å². The Labute approximate surface area is 132 Å². The van der Waals surface area contributed by atoms with Crippen molar-refractivity contribution in [2.24, 2.45) is 7.05 Å². The summed E-state index contributed by atoms with van der Waals surface area (Å²) in [5.74, 6) is 1.89. The first-order valence-electron chi connectivity index (χ1n) is 6.60. The van der Waals surface area contributed by atoms with Crippen LogP contribution in [0.1, 0.15) is 5.56 Å². The van der Waals surface area contributed by atoms with Gasteiger partial charge in [0.1, 0.15) is 0 Å². The van der Waals surface area contributed by atoms with Crippen molar-refractivity contribution in [3.8, 4) is 12.3 Å². The number of hydrogen-bond donors (Lipinski definition) is 1. The molecular formula is C16H12N2O4S. The van der Waals surface area contributed by atoms with E-state index in [-0.39, 0.29) is 10.5 Å². The van der Waals surface area contributed by atoms with E-state index in [1.165, 1.54) is 22.8 Å². The molecular weight excluding hydrogens is 316 g/mol. The third-order valence-corrected chi connectivity index (χ3v) is 4.73. The molecule has 0 saturated carbocycles. The van der Waals surface area contributed by atoms with Gasteiger partial charge in [-0.3, -0.25) is 9.29 Å². The second kappa shape index (κ2) is 5.34. The van der Waals surface area contributed by atoms with Crippen molar-refractivity contribution in [3.05, 3.63) is 58.6 Å². The smallest absolute Gasteiger partial charge is 0.408 e. The summed E-state index contributed by atoms with van der Waals surface area (Å²) >= 11 is 0. The first kappa shape index (κ1) is 14.9. The summed E-state index contributed by atoms with van der Waals surface area (Å²) in [4.78, 5) is 11.5. The predicted octanol–water partition coefficient (Wildman–Crippen LogP) is 1.91. The Kier molecular flexibility index (Phi) is 3.47. The van der Waals surface area contributed by atoms with Crippen LogP contribution in [-0.2, 0) is 17.1 Å². The Bertz CT molecular complexity index is 1100. The van der Waals surface area contributed by atoms with Gasteiger partial charge in [0.15, 0.2) is 5.58 Å². The molecule has 1 N–H and O–H groups in total. The van der Waals surface area contributed by atoms with Crippen LogP contribution >= 0.6 is 0 Å². The molecule has 1 aromatic heterocycles. The first-order valence-corrected chi connectivity index (χ1v) is 8.08.